The van der Waals surface area contributed by atoms with Gasteiger partial charge in [-0.1, -0.05) is 64.1 Å². The molecule has 0 fully saturated rings. The minimum absolute atomic E-state index is 0.123. The van der Waals surface area contributed by atoms with Crippen LogP contribution in [0.15, 0.2) is 48.6 Å². The number of ether oxygens (including phenoxy) is 1. The van der Waals surface area contributed by atoms with Gasteiger partial charge in [0.05, 0.1) is 5.56 Å². The first-order chi connectivity index (χ1) is 14.1. The first-order valence-electron chi connectivity index (χ1n) is 10.6. The van der Waals surface area contributed by atoms with Crippen molar-refractivity contribution in [2.24, 2.45) is 0 Å². The molecular weight excluding hydrogens is 372 g/mol. The average Bonchev–Trinajstić information content (AvgIpc) is 2.70. The molecule has 30 heavy (non-hydrogen) atoms. The SMILES string of the molecule is C/C=C/COc1cc2c(cc1C=Cc1ccc(C(=O)O)cc1)C(C)(C)CCC2(C)C. The molecule has 0 saturated heterocycles. The molecule has 2 aromatic carbocycles. The molecule has 3 heteroatoms. The Morgan fingerprint density at radius 3 is 2.17 bits per heavy atom. The first-order valence-corrected chi connectivity index (χ1v) is 10.6. The van der Waals surface area contributed by atoms with E-state index in [9.17, 15) is 4.79 Å². The molecule has 0 unspecified atom stereocenters. The highest BCUT2D eigenvalue weighted by atomic mass is 16.5. The van der Waals surface area contributed by atoms with Crippen molar-refractivity contribution in [1.29, 1.82) is 0 Å². The molecule has 3 rings (SSSR count). The van der Waals surface area contributed by atoms with Crippen molar-refractivity contribution in [3.63, 3.8) is 0 Å². The summed E-state index contributed by atoms with van der Waals surface area (Å²) in [7, 11) is 0. The van der Waals surface area contributed by atoms with Crippen LogP contribution in [0.4, 0.5) is 0 Å². The van der Waals surface area contributed by atoms with Gasteiger partial charge in [-0.05, 0) is 71.6 Å². The Morgan fingerprint density at radius 1 is 1.00 bits per heavy atom. The topological polar surface area (TPSA) is 46.5 Å². The smallest absolute Gasteiger partial charge is 0.335 e. The second-order valence-electron chi connectivity index (χ2n) is 9.34. The molecule has 0 aliphatic heterocycles. The lowest BCUT2D eigenvalue weighted by Gasteiger charge is -2.42. The molecule has 158 valence electrons. The van der Waals surface area contributed by atoms with Crippen LogP contribution in [0.1, 0.15) is 80.1 Å². The van der Waals surface area contributed by atoms with E-state index in [4.69, 9.17) is 9.84 Å². The van der Waals surface area contributed by atoms with Gasteiger partial charge < -0.3 is 9.84 Å². The maximum Gasteiger partial charge on any atom is 0.335 e. The zero-order chi connectivity index (χ0) is 21.9. The largest absolute Gasteiger partial charge is 0.489 e. The van der Waals surface area contributed by atoms with Crippen molar-refractivity contribution in [2.45, 2.75) is 58.3 Å². The summed E-state index contributed by atoms with van der Waals surface area (Å²) in [6.45, 7) is 11.8. The Bertz CT molecular complexity index is 976. The van der Waals surface area contributed by atoms with E-state index in [0.717, 1.165) is 29.7 Å². The summed E-state index contributed by atoms with van der Waals surface area (Å²) in [6.07, 6.45) is 10.4. The van der Waals surface area contributed by atoms with Crippen LogP contribution in [0.5, 0.6) is 5.75 Å². The Balaban J connectivity index is 2.03. The lowest BCUT2D eigenvalue weighted by molar-refractivity contribution is 0.0697. The predicted molar refractivity (Wildman–Crippen MR) is 124 cm³/mol. The first kappa shape index (κ1) is 21.9. The van der Waals surface area contributed by atoms with Crippen molar-refractivity contribution in [2.75, 3.05) is 6.61 Å². The summed E-state index contributed by atoms with van der Waals surface area (Å²) in [6, 6.07) is 11.4. The highest BCUT2D eigenvalue weighted by Crippen LogP contribution is 2.47. The number of carboxylic acids is 1. The average molecular weight is 405 g/mol. The van der Waals surface area contributed by atoms with Gasteiger partial charge in [-0.3, -0.25) is 0 Å². The van der Waals surface area contributed by atoms with Crippen molar-refractivity contribution < 1.29 is 14.6 Å². The van der Waals surface area contributed by atoms with Crippen LogP contribution < -0.4 is 4.74 Å². The fourth-order valence-corrected chi connectivity index (χ4v) is 4.02. The van der Waals surface area contributed by atoms with Crippen LogP contribution in [-0.2, 0) is 10.8 Å². The van der Waals surface area contributed by atoms with E-state index in [1.807, 2.05) is 37.3 Å². The predicted octanol–water partition coefficient (Wildman–Crippen LogP) is 6.86. The maximum absolute atomic E-state index is 11.1. The summed E-state index contributed by atoms with van der Waals surface area (Å²) < 4.78 is 6.13. The van der Waals surface area contributed by atoms with Crippen LogP contribution in [0, 0.1) is 0 Å². The molecule has 0 spiro atoms. The van der Waals surface area contributed by atoms with Crippen molar-refractivity contribution in [3.05, 3.63) is 76.4 Å². The zero-order valence-electron chi connectivity index (χ0n) is 18.7. The van der Waals surface area contributed by atoms with Crippen LogP contribution in [-0.4, -0.2) is 17.7 Å². The fraction of sp³-hybridized carbons (Fsp3) is 0.370. The van der Waals surface area contributed by atoms with E-state index >= 15 is 0 Å². The maximum atomic E-state index is 11.1. The van der Waals surface area contributed by atoms with Gasteiger partial charge in [0, 0.05) is 5.56 Å². The molecule has 1 aliphatic rings. The second-order valence-corrected chi connectivity index (χ2v) is 9.34. The van der Waals surface area contributed by atoms with Crippen molar-refractivity contribution in [3.8, 4) is 5.75 Å². The third-order valence-electron chi connectivity index (χ3n) is 6.17. The molecule has 0 saturated carbocycles. The van der Waals surface area contributed by atoms with Gasteiger partial charge in [0.1, 0.15) is 12.4 Å². The zero-order valence-corrected chi connectivity index (χ0v) is 18.7. The molecule has 2 aromatic rings. The molecule has 1 N–H and O–H groups in total. The normalized spacial score (nSPS) is 17.2. The van der Waals surface area contributed by atoms with Gasteiger partial charge in [0.15, 0.2) is 0 Å². The lowest BCUT2D eigenvalue weighted by Crippen LogP contribution is -2.34. The lowest BCUT2D eigenvalue weighted by atomic mass is 9.63. The number of rotatable bonds is 6. The van der Waals surface area contributed by atoms with Crippen LogP contribution in [0.25, 0.3) is 12.2 Å². The van der Waals surface area contributed by atoms with Gasteiger partial charge in [-0.15, -0.1) is 0 Å². The number of allylic oxidation sites excluding steroid dienone is 1. The number of fused-ring (bicyclic) bond motifs is 1. The Morgan fingerprint density at radius 2 is 1.60 bits per heavy atom. The summed E-state index contributed by atoms with van der Waals surface area (Å²) in [5.41, 5.74) is 5.30. The number of hydrogen-bond acceptors (Lipinski definition) is 2. The molecule has 0 bridgehead atoms. The third-order valence-corrected chi connectivity index (χ3v) is 6.17. The Hall–Kier alpha value is -2.81. The molecule has 1 aliphatic carbocycles. The molecule has 3 nitrogen and oxygen atoms in total. The van der Waals surface area contributed by atoms with Crippen LogP contribution >= 0.6 is 0 Å². The van der Waals surface area contributed by atoms with E-state index in [1.54, 1.807) is 12.1 Å². The van der Waals surface area contributed by atoms with E-state index < -0.39 is 5.97 Å². The second kappa shape index (κ2) is 8.51. The molecule has 0 amide bonds. The molecule has 0 aromatic heterocycles. The highest BCUT2D eigenvalue weighted by molar-refractivity contribution is 5.88. The molecule has 0 radical (unpaired) electrons. The van der Waals surface area contributed by atoms with Gasteiger partial charge in [-0.2, -0.15) is 0 Å². The van der Waals surface area contributed by atoms with Gasteiger partial charge in [-0.25, -0.2) is 4.79 Å². The molecular formula is C27H32O3. The van der Waals surface area contributed by atoms with E-state index in [-0.39, 0.29) is 10.8 Å². The minimum atomic E-state index is -0.912. The van der Waals surface area contributed by atoms with Gasteiger partial charge in [0.25, 0.3) is 0 Å². The van der Waals surface area contributed by atoms with Crippen LogP contribution in [0.3, 0.4) is 0 Å². The summed E-state index contributed by atoms with van der Waals surface area (Å²) in [4.78, 5) is 11.1. The molecule has 0 heterocycles. The summed E-state index contributed by atoms with van der Waals surface area (Å²) in [5.74, 6) is -0.0271. The van der Waals surface area contributed by atoms with Gasteiger partial charge in [0.2, 0.25) is 0 Å². The Kier molecular flexibility index (Phi) is 6.21. The number of carboxylic acid groups (broad SMARTS) is 1. The van der Waals surface area contributed by atoms with Gasteiger partial charge >= 0.3 is 5.97 Å². The quantitative estimate of drug-likeness (QED) is 0.422. The number of carbonyl (C=O) groups is 1. The summed E-state index contributed by atoms with van der Waals surface area (Å²) in [5, 5.41) is 9.09. The fourth-order valence-electron chi connectivity index (χ4n) is 4.02. The van der Waals surface area contributed by atoms with Crippen LogP contribution in [0.2, 0.25) is 0 Å². The van der Waals surface area contributed by atoms with E-state index in [0.29, 0.717) is 12.2 Å². The minimum Gasteiger partial charge on any atom is -0.489 e. The Labute approximate surface area is 180 Å². The number of aromatic carboxylic acids is 1. The van der Waals surface area contributed by atoms with E-state index in [2.05, 4.69) is 45.9 Å². The highest BCUT2D eigenvalue weighted by Gasteiger charge is 2.37. The summed E-state index contributed by atoms with van der Waals surface area (Å²) >= 11 is 0. The van der Waals surface area contributed by atoms with Crippen molar-refractivity contribution in [1.82, 2.24) is 0 Å². The van der Waals surface area contributed by atoms with Crippen molar-refractivity contribution >= 4 is 18.1 Å². The monoisotopic (exact) mass is 404 g/mol. The van der Waals surface area contributed by atoms with E-state index in [1.165, 1.54) is 11.1 Å². The number of benzene rings is 2. The molecule has 0 atom stereocenters. The number of hydrogen-bond donors (Lipinski definition) is 1. The standard InChI is InChI=1S/C27H32O3/c1-6-7-16-30-24-18-23-22(26(2,3)14-15-27(23,4)5)17-21(24)13-10-19-8-11-20(12-9-19)25(28)29/h6-13,17-18H,14-16H2,1-5H3,(H,28,29)/b7-6+,13-10?. The third kappa shape index (κ3) is 4.67.